The second-order valence-electron chi connectivity index (χ2n) is 9.77. The summed E-state index contributed by atoms with van der Waals surface area (Å²) in [5.74, 6) is 0.694. The highest BCUT2D eigenvalue weighted by atomic mass is 16.5. The quantitative estimate of drug-likeness (QED) is 0.372. The van der Waals surface area contributed by atoms with Crippen LogP contribution in [-0.2, 0) is 10.4 Å². The SMILES string of the molecule is COc1ccc2cc(C(C)C(=O)Oc3cccc(C4(O)CCCCC4CN(C)C)c3)ccc2c1. The predicted molar refractivity (Wildman–Crippen MR) is 135 cm³/mol. The van der Waals surface area contributed by atoms with Crippen molar-refractivity contribution in [3.63, 3.8) is 0 Å². The van der Waals surface area contributed by atoms with E-state index < -0.39 is 11.5 Å². The third kappa shape index (κ3) is 5.11. The van der Waals surface area contributed by atoms with Gasteiger partial charge in [-0.05, 0) is 80.0 Å². The topological polar surface area (TPSA) is 59.0 Å². The van der Waals surface area contributed by atoms with Crippen molar-refractivity contribution in [1.29, 1.82) is 0 Å². The third-order valence-corrected chi connectivity index (χ3v) is 7.10. The maximum atomic E-state index is 13.0. The third-order valence-electron chi connectivity index (χ3n) is 7.10. The molecule has 0 aromatic heterocycles. The Balaban J connectivity index is 1.52. The van der Waals surface area contributed by atoms with E-state index in [2.05, 4.69) is 4.90 Å². The molecule has 1 aliphatic rings. The van der Waals surface area contributed by atoms with E-state index in [0.29, 0.717) is 5.75 Å². The standard InChI is InChI=1S/C29H35NO4/c1-20(21-11-12-23-17-26(33-4)14-13-22(23)16-21)28(31)34-27-10-7-9-24(18-27)29(32)15-6-5-8-25(29)19-30(2)3/h7,9-14,16-18,20,25,32H,5-6,8,15,19H2,1-4H3. The number of aliphatic hydroxyl groups is 1. The normalized spacial score (nSPS) is 21.4. The molecule has 5 nitrogen and oxygen atoms in total. The minimum atomic E-state index is -0.907. The maximum Gasteiger partial charge on any atom is 0.318 e. The van der Waals surface area contributed by atoms with E-state index in [4.69, 9.17) is 9.47 Å². The first kappa shape index (κ1) is 24.2. The Bertz CT molecular complexity index is 1160. The van der Waals surface area contributed by atoms with Crippen LogP contribution in [0.15, 0.2) is 60.7 Å². The number of carbonyl (C=O) groups excluding carboxylic acids is 1. The zero-order valence-corrected chi connectivity index (χ0v) is 20.6. The highest BCUT2D eigenvalue weighted by Crippen LogP contribution is 2.43. The van der Waals surface area contributed by atoms with Crippen LogP contribution in [0.3, 0.4) is 0 Å². The van der Waals surface area contributed by atoms with Crippen LogP contribution < -0.4 is 9.47 Å². The number of rotatable bonds is 7. The van der Waals surface area contributed by atoms with Crippen molar-refractivity contribution >= 4 is 16.7 Å². The Labute approximate surface area is 202 Å². The van der Waals surface area contributed by atoms with Crippen LogP contribution in [-0.4, -0.2) is 43.7 Å². The van der Waals surface area contributed by atoms with Crippen molar-refractivity contribution in [2.75, 3.05) is 27.7 Å². The molecule has 0 spiro atoms. The maximum absolute atomic E-state index is 13.0. The highest BCUT2D eigenvalue weighted by Gasteiger charge is 2.40. The van der Waals surface area contributed by atoms with Gasteiger partial charge in [-0.25, -0.2) is 0 Å². The van der Waals surface area contributed by atoms with E-state index in [1.165, 1.54) is 0 Å². The van der Waals surface area contributed by atoms with Crippen molar-refractivity contribution in [2.24, 2.45) is 5.92 Å². The van der Waals surface area contributed by atoms with Crippen molar-refractivity contribution in [2.45, 2.75) is 44.1 Å². The molecule has 0 bridgehead atoms. The second kappa shape index (κ2) is 10.2. The van der Waals surface area contributed by atoms with Crippen LogP contribution in [0.4, 0.5) is 0 Å². The molecule has 3 aromatic carbocycles. The van der Waals surface area contributed by atoms with Crippen LogP contribution in [0.2, 0.25) is 0 Å². The number of benzene rings is 3. The fourth-order valence-corrected chi connectivity index (χ4v) is 5.10. The zero-order valence-electron chi connectivity index (χ0n) is 20.6. The van der Waals surface area contributed by atoms with Crippen molar-refractivity contribution < 1.29 is 19.4 Å². The molecule has 34 heavy (non-hydrogen) atoms. The molecule has 3 unspecified atom stereocenters. The van der Waals surface area contributed by atoms with Gasteiger partial charge >= 0.3 is 5.97 Å². The minimum Gasteiger partial charge on any atom is -0.497 e. The lowest BCUT2D eigenvalue weighted by Crippen LogP contribution is -2.43. The first-order valence-electron chi connectivity index (χ1n) is 12.1. The van der Waals surface area contributed by atoms with E-state index in [9.17, 15) is 9.90 Å². The lowest BCUT2D eigenvalue weighted by Gasteiger charge is -2.41. The van der Waals surface area contributed by atoms with Gasteiger partial charge in [0.1, 0.15) is 11.5 Å². The van der Waals surface area contributed by atoms with Gasteiger partial charge in [-0.3, -0.25) is 4.79 Å². The number of nitrogens with zero attached hydrogens (tertiary/aromatic N) is 1. The van der Waals surface area contributed by atoms with Gasteiger partial charge in [-0.2, -0.15) is 0 Å². The lowest BCUT2D eigenvalue weighted by atomic mass is 9.71. The van der Waals surface area contributed by atoms with Crippen LogP contribution >= 0.6 is 0 Å². The summed E-state index contributed by atoms with van der Waals surface area (Å²) < 4.78 is 11.1. The molecule has 0 amide bonds. The van der Waals surface area contributed by atoms with Gasteiger partial charge in [0.05, 0.1) is 18.6 Å². The number of hydrogen-bond acceptors (Lipinski definition) is 5. The zero-order chi connectivity index (χ0) is 24.3. The summed E-state index contributed by atoms with van der Waals surface area (Å²) in [5, 5.41) is 13.8. The molecule has 0 heterocycles. The first-order valence-corrected chi connectivity index (χ1v) is 12.1. The highest BCUT2D eigenvalue weighted by molar-refractivity contribution is 5.87. The molecule has 0 aliphatic heterocycles. The number of hydrogen-bond donors (Lipinski definition) is 1. The van der Waals surface area contributed by atoms with Crippen LogP contribution in [0.1, 0.15) is 49.7 Å². The number of fused-ring (bicyclic) bond motifs is 1. The van der Waals surface area contributed by atoms with Gasteiger partial charge in [0.15, 0.2) is 0 Å². The van der Waals surface area contributed by atoms with E-state index in [0.717, 1.165) is 59.9 Å². The molecule has 3 atom stereocenters. The fraction of sp³-hybridized carbons (Fsp3) is 0.414. The van der Waals surface area contributed by atoms with Gasteiger partial charge in [0.2, 0.25) is 0 Å². The molecular weight excluding hydrogens is 426 g/mol. The molecule has 0 radical (unpaired) electrons. The summed E-state index contributed by atoms with van der Waals surface area (Å²) >= 11 is 0. The van der Waals surface area contributed by atoms with Crippen LogP contribution in [0, 0.1) is 5.92 Å². The van der Waals surface area contributed by atoms with Gasteiger partial charge in [-0.1, -0.05) is 49.2 Å². The van der Waals surface area contributed by atoms with E-state index in [1.807, 2.05) is 75.6 Å². The second-order valence-corrected chi connectivity index (χ2v) is 9.77. The Kier molecular flexibility index (Phi) is 7.24. The van der Waals surface area contributed by atoms with Crippen LogP contribution in [0.25, 0.3) is 10.8 Å². The molecule has 1 N–H and O–H groups in total. The summed E-state index contributed by atoms with van der Waals surface area (Å²) in [4.78, 5) is 15.1. The monoisotopic (exact) mass is 461 g/mol. The molecule has 1 saturated carbocycles. The fourth-order valence-electron chi connectivity index (χ4n) is 5.10. The Morgan fingerprint density at radius 2 is 1.82 bits per heavy atom. The van der Waals surface area contributed by atoms with E-state index >= 15 is 0 Å². The molecule has 0 saturated heterocycles. The molecule has 4 rings (SSSR count). The lowest BCUT2D eigenvalue weighted by molar-refractivity contribution is -0.135. The van der Waals surface area contributed by atoms with Gasteiger partial charge in [0.25, 0.3) is 0 Å². The summed E-state index contributed by atoms with van der Waals surface area (Å²) in [6, 6.07) is 19.3. The molecule has 1 fully saturated rings. The average molecular weight is 462 g/mol. The van der Waals surface area contributed by atoms with Crippen molar-refractivity contribution in [3.05, 3.63) is 71.8 Å². The first-order chi connectivity index (χ1) is 16.3. The predicted octanol–water partition coefficient (Wildman–Crippen LogP) is 5.50. The van der Waals surface area contributed by atoms with Crippen LogP contribution in [0.5, 0.6) is 11.5 Å². The van der Waals surface area contributed by atoms with E-state index in [1.54, 1.807) is 13.2 Å². The molecule has 180 valence electrons. The Morgan fingerprint density at radius 3 is 2.59 bits per heavy atom. The smallest absolute Gasteiger partial charge is 0.318 e. The molecule has 1 aliphatic carbocycles. The van der Waals surface area contributed by atoms with Gasteiger partial charge in [-0.15, -0.1) is 0 Å². The van der Waals surface area contributed by atoms with Crippen molar-refractivity contribution in [3.8, 4) is 11.5 Å². The average Bonchev–Trinajstić information content (AvgIpc) is 2.84. The Hall–Kier alpha value is -2.89. The summed E-state index contributed by atoms with van der Waals surface area (Å²) in [6.45, 7) is 2.68. The molecule has 5 heteroatoms. The summed E-state index contributed by atoms with van der Waals surface area (Å²) in [5.41, 5.74) is 0.822. The summed E-state index contributed by atoms with van der Waals surface area (Å²) in [6.07, 6.45) is 3.84. The van der Waals surface area contributed by atoms with Gasteiger partial charge in [0, 0.05) is 12.5 Å². The molecular formula is C29H35NO4. The number of methoxy groups -OCH3 is 1. The largest absolute Gasteiger partial charge is 0.497 e. The number of ether oxygens (including phenoxy) is 2. The van der Waals surface area contributed by atoms with Gasteiger partial charge < -0.3 is 19.5 Å². The number of esters is 1. The van der Waals surface area contributed by atoms with Crippen molar-refractivity contribution in [1.82, 2.24) is 4.90 Å². The Morgan fingerprint density at radius 1 is 1.06 bits per heavy atom. The van der Waals surface area contributed by atoms with E-state index in [-0.39, 0.29) is 11.9 Å². The number of carbonyl (C=O) groups is 1. The molecule has 3 aromatic rings. The minimum absolute atomic E-state index is 0.150. The summed E-state index contributed by atoms with van der Waals surface area (Å²) in [7, 11) is 5.73.